The molecule has 13 heteroatoms. The SMILES string of the molecule is Cc1nocc1-c1ccc2c(-c3nc(N)nc([C@H]4CCC(C)(C)NC4)c3C(F)(F)F)nn(C3CCCCO3)c2n1. The third-order valence-corrected chi connectivity index (χ3v) is 7.80. The Hall–Kier alpha value is -3.58. The van der Waals surface area contributed by atoms with Gasteiger partial charge in [0.25, 0.3) is 0 Å². The third kappa shape index (κ3) is 4.81. The minimum Gasteiger partial charge on any atom is -0.368 e. The highest BCUT2D eigenvalue weighted by atomic mass is 19.4. The van der Waals surface area contributed by atoms with E-state index in [1.807, 2.05) is 13.8 Å². The summed E-state index contributed by atoms with van der Waals surface area (Å²) < 4.78 is 57.2. The molecule has 2 aliphatic rings. The number of hydrogen-bond donors (Lipinski definition) is 2. The van der Waals surface area contributed by atoms with Crippen LogP contribution in [0.3, 0.4) is 0 Å². The summed E-state index contributed by atoms with van der Waals surface area (Å²) in [5, 5.41) is 12.4. The molecule has 3 N–H and O–H groups in total. The highest BCUT2D eigenvalue weighted by Gasteiger charge is 2.43. The molecular formula is C27H31F3N8O2. The number of aromatic nitrogens is 6. The maximum atomic E-state index is 14.9. The molecule has 2 fully saturated rings. The van der Waals surface area contributed by atoms with Crippen molar-refractivity contribution in [1.82, 2.24) is 35.2 Å². The average Bonchev–Trinajstić information content (AvgIpc) is 3.51. The first-order chi connectivity index (χ1) is 19.0. The molecule has 0 saturated carbocycles. The van der Waals surface area contributed by atoms with E-state index in [4.69, 9.17) is 20.0 Å². The molecule has 40 heavy (non-hydrogen) atoms. The van der Waals surface area contributed by atoms with Gasteiger partial charge in [-0.25, -0.2) is 19.6 Å². The van der Waals surface area contributed by atoms with Gasteiger partial charge in [-0.05, 0) is 65.0 Å². The lowest BCUT2D eigenvalue weighted by atomic mass is 9.83. The highest BCUT2D eigenvalue weighted by Crippen LogP contribution is 2.44. The molecule has 2 atom stereocenters. The molecule has 0 aromatic carbocycles. The summed E-state index contributed by atoms with van der Waals surface area (Å²) in [7, 11) is 0. The number of nitrogens with one attached hydrogen (secondary N) is 1. The molecule has 10 nitrogen and oxygen atoms in total. The van der Waals surface area contributed by atoms with E-state index in [2.05, 4.69) is 25.5 Å². The first-order valence-electron chi connectivity index (χ1n) is 13.4. The normalized spacial score (nSPS) is 21.6. The van der Waals surface area contributed by atoms with Gasteiger partial charge in [-0.1, -0.05) is 5.16 Å². The maximum absolute atomic E-state index is 14.9. The first kappa shape index (κ1) is 26.6. The van der Waals surface area contributed by atoms with E-state index in [9.17, 15) is 13.2 Å². The van der Waals surface area contributed by atoms with Crippen LogP contribution in [0.4, 0.5) is 19.1 Å². The highest BCUT2D eigenvalue weighted by molar-refractivity contribution is 5.92. The number of aryl methyl sites for hydroxylation is 1. The number of piperidine rings is 1. The van der Waals surface area contributed by atoms with E-state index in [0.29, 0.717) is 60.4 Å². The Labute approximate surface area is 228 Å². The van der Waals surface area contributed by atoms with Crippen LogP contribution >= 0.6 is 0 Å². The molecule has 6 rings (SSSR count). The number of nitrogens with two attached hydrogens (primary N) is 1. The number of alkyl halides is 3. The topological polar surface area (TPSA) is 130 Å². The Morgan fingerprint density at radius 3 is 2.58 bits per heavy atom. The van der Waals surface area contributed by atoms with Crippen molar-refractivity contribution in [2.75, 3.05) is 18.9 Å². The van der Waals surface area contributed by atoms with E-state index in [0.717, 1.165) is 12.8 Å². The molecule has 4 aromatic heterocycles. The van der Waals surface area contributed by atoms with Crippen molar-refractivity contribution in [1.29, 1.82) is 0 Å². The van der Waals surface area contributed by atoms with Crippen LogP contribution < -0.4 is 11.1 Å². The fraction of sp³-hybridized carbons (Fsp3) is 0.519. The van der Waals surface area contributed by atoms with Gasteiger partial charge in [0, 0.05) is 30.0 Å². The smallest absolute Gasteiger partial charge is 0.368 e. The molecule has 1 unspecified atom stereocenters. The van der Waals surface area contributed by atoms with Crippen molar-refractivity contribution < 1.29 is 22.4 Å². The molecule has 0 amide bonds. The second-order valence-electron chi connectivity index (χ2n) is 11.2. The Morgan fingerprint density at radius 1 is 1.10 bits per heavy atom. The predicted octanol–water partition coefficient (Wildman–Crippen LogP) is 5.40. The second-order valence-corrected chi connectivity index (χ2v) is 11.2. The predicted molar refractivity (Wildman–Crippen MR) is 141 cm³/mol. The number of fused-ring (bicyclic) bond motifs is 1. The summed E-state index contributed by atoms with van der Waals surface area (Å²) in [6.45, 7) is 6.72. The number of ether oxygens (including phenoxy) is 1. The molecule has 4 aromatic rings. The van der Waals surface area contributed by atoms with E-state index in [1.54, 1.807) is 23.7 Å². The van der Waals surface area contributed by atoms with Gasteiger partial charge in [-0.3, -0.25) is 0 Å². The number of nitrogens with zero attached hydrogens (tertiary/aromatic N) is 6. The van der Waals surface area contributed by atoms with Crippen molar-refractivity contribution in [3.05, 3.63) is 35.3 Å². The Bertz CT molecular complexity index is 1550. The van der Waals surface area contributed by atoms with Gasteiger partial charge < -0.3 is 20.3 Å². The minimum absolute atomic E-state index is 0.0389. The molecule has 0 aliphatic carbocycles. The summed E-state index contributed by atoms with van der Waals surface area (Å²) in [6.07, 6.45) is -0.0498. The number of anilines is 1. The lowest BCUT2D eigenvalue weighted by Gasteiger charge is -2.36. The molecule has 2 aliphatic heterocycles. The average molecular weight is 557 g/mol. The molecule has 0 spiro atoms. The molecule has 6 heterocycles. The van der Waals surface area contributed by atoms with Gasteiger partial charge in [0.1, 0.15) is 23.2 Å². The molecule has 0 radical (unpaired) electrons. The first-order valence-corrected chi connectivity index (χ1v) is 13.4. The van der Waals surface area contributed by atoms with Crippen molar-refractivity contribution in [3.8, 4) is 22.6 Å². The van der Waals surface area contributed by atoms with Gasteiger partial charge in [0.2, 0.25) is 5.95 Å². The van der Waals surface area contributed by atoms with E-state index >= 15 is 0 Å². The van der Waals surface area contributed by atoms with Crippen molar-refractivity contribution in [2.24, 2.45) is 0 Å². The van der Waals surface area contributed by atoms with Crippen molar-refractivity contribution >= 4 is 17.0 Å². The molecule has 212 valence electrons. The molecular weight excluding hydrogens is 525 g/mol. The zero-order valence-electron chi connectivity index (χ0n) is 22.5. The van der Waals surface area contributed by atoms with Crippen LogP contribution in [-0.4, -0.2) is 48.6 Å². The van der Waals surface area contributed by atoms with Crippen molar-refractivity contribution in [3.63, 3.8) is 0 Å². The number of pyridine rings is 1. The Balaban J connectivity index is 1.56. The monoisotopic (exact) mass is 556 g/mol. The zero-order valence-corrected chi connectivity index (χ0v) is 22.5. The van der Waals surface area contributed by atoms with Gasteiger partial charge in [-0.15, -0.1) is 0 Å². The lowest BCUT2D eigenvalue weighted by molar-refractivity contribution is -0.138. The summed E-state index contributed by atoms with van der Waals surface area (Å²) in [5.74, 6) is -0.714. The van der Waals surface area contributed by atoms with E-state index in [-0.39, 0.29) is 28.6 Å². The summed E-state index contributed by atoms with van der Waals surface area (Å²) >= 11 is 0. The fourth-order valence-electron chi connectivity index (χ4n) is 5.60. The number of nitrogen functional groups attached to an aromatic ring is 1. The van der Waals surface area contributed by atoms with Gasteiger partial charge in [0.05, 0.1) is 22.6 Å². The fourth-order valence-corrected chi connectivity index (χ4v) is 5.60. The zero-order chi connectivity index (χ0) is 28.2. The lowest BCUT2D eigenvalue weighted by Crippen LogP contribution is -2.46. The molecule has 2 saturated heterocycles. The third-order valence-electron chi connectivity index (χ3n) is 7.80. The van der Waals surface area contributed by atoms with Gasteiger partial charge in [-0.2, -0.15) is 18.3 Å². The number of rotatable bonds is 4. The maximum Gasteiger partial charge on any atom is 0.420 e. The van der Waals surface area contributed by atoms with Gasteiger partial charge in [0.15, 0.2) is 11.9 Å². The van der Waals surface area contributed by atoms with Crippen LogP contribution in [0.25, 0.3) is 33.7 Å². The van der Waals surface area contributed by atoms with Crippen LogP contribution in [0, 0.1) is 6.92 Å². The van der Waals surface area contributed by atoms with Gasteiger partial charge >= 0.3 is 6.18 Å². The number of halogens is 3. The Morgan fingerprint density at radius 2 is 1.93 bits per heavy atom. The van der Waals surface area contributed by atoms with Crippen LogP contribution in [0.15, 0.2) is 22.9 Å². The Kier molecular flexibility index (Phi) is 6.53. The summed E-state index contributed by atoms with van der Waals surface area (Å²) in [4.78, 5) is 13.1. The largest absolute Gasteiger partial charge is 0.420 e. The summed E-state index contributed by atoms with van der Waals surface area (Å²) in [5.41, 5.74) is 6.82. The standard InChI is InChI=1S/C27H31F3N8O2/c1-14-17(13-40-37-14)18-8-7-16-22(36-38(24(16)33-18)19-6-4-5-11-39-19)23-20(27(28,29)30)21(34-25(31)35-23)15-9-10-26(2,3)32-12-15/h7-8,13,15,19,32H,4-6,9-12H2,1-3H3,(H2,31,34,35)/t15-,19?/m0/s1. The summed E-state index contributed by atoms with van der Waals surface area (Å²) in [6, 6.07) is 3.42. The quantitative estimate of drug-likeness (QED) is 0.339. The number of hydrogen-bond acceptors (Lipinski definition) is 9. The van der Waals surface area contributed by atoms with Crippen LogP contribution in [-0.2, 0) is 10.9 Å². The van der Waals surface area contributed by atoms with Crippen LogP contribution in [0.2, 0.25) is 0 Å². The van der Waals surface area contributed by atoms with Crippen molar-refractivity contribution in [2.45, 2.75) is 76.7 Å². The van der Waals surface area contributed by atoms with E-state index < -0.39 is 23.9 Å². The van der Waals surface area contributed by atoms with E-state index in [1.165, 1.54) is 6.26 Å². The minimum atomic E-state index is -4.74. The van der Waals surface area contributed by atoms with Crippen LogP contribution in [0.5, 0.6) is 0 Å². The second kappa shape index (κ2) is 9.81. The molecule has 0 bridgehead atoms. The van der Waals surface area contributed by atoms with Crippen LogP contribution in [0.1, 0.15) is 75.0 Å².